The summed E-state index contributed by atoms with van der Waals surface area (Å²) in [6.45, 7) is 4.16. The van der Waals surface area contributed by atoms with Crippen molar-refractivity contribution >= 4 is 17.5 Å². The Hall–Kier alpha value is -2.50. The van der Waals surface area contributed by atoms with E-state index < -0.39 is 0 Å². The van der Waals surface area contributed by atoms with E-state index in [1.54, 1.807) is 38.1 Å². The average molecular weight is 302 g/mol. The van der Waals surface area contributed by atoms with E-state index in [1.807, 2.05) is 6.07 Å². The average Bonchev–Trinajstić information content (AvgIpc) is 2.51. The Bertz CT molecular complexity index is 628. The first-order valence-electron chi connectivity index (χ1n) is 7.18. The minimum Gasteiger partial charge on any atom is -0.368 e. The summed E-state index contributed by atoms with van der Waals surface area (Å²) < 4.78 is 13.5. The van der Waals surface area contributed by atoms with Gasteiger partial charge in [0.25, 0.3) is 0 Å². The van der Waals surface area contributed by atoms with Crippen LogP contribution in [-0.2, 0) is 11.2 Å². The van der Waals surface area contributed by atoms with Crippen molar-refractivity contribution in [1.29, 1.82) is 0 Å². The molecule has 1 heterocycles. The van der Waals surface area contributed by atoms with Crippen LogP contribution in [0.25, 0.3) is 0 Å². The van der Waals surface area contributed by atoms with Crippen LogP contribution in [-0.4, -0.2) is 22.6 Å². The number of benzene rings is 1. The summed E-state index contributed by atoms with van der Waals surface area (Å²) in [5.74, 6) is 0.578. The van der Waals surface area contributed by atoms with Crippen molar-refractivity contribution in [1.82, 2.24) is 10.2 Å². The molecule has 6 heteroatoms. The number of anilines is 2. The maximum atomic E-state index is 13.5. The van der Waals surface area contributed by atoms with Crippen molar-refractivity contribution in [3.8, 4) is 0 Å². The molecule has 1 aromatic heterocycles. The number of hydrogen-bond acceptors (Lipinski definition) is 4. The molecule has 5 nitrogen and oxygen atoms in total. The summed E-state index contributed by atoms with van der Waals surface area (Å²) >= 11 is 0. The largest absolute Gasteiger partial charge is 0.368 e. The highest BCUT2D eigenvalue weighted by atomic mass is 19.1. The molecule has 1 amide bonds. The van der Waals surface area contributed by atoms with E-state index in [0.717, 1.165) is 0 Å². The van der Waals surface area contributed by atoms with Crippen molar-refractivity contribution in [2.75, 3.05) is 17.2 Å². The van der Waals surface area contributed by atoms with Crippen LogP contribution >= 0.6 is 0 Å². The van der Waals surface area contributed by atoms with E-state index in [4.69, 9.17) is 0 Å². The maximum Gasteiger partial charge on any atom is 0.228 e. The van der Waals surface area contributed by atoms with Crippen LogP contribution < -0.4 is 10.6 Å². The zero-order valence-corrected chi connectivity index (χ0v) is 12.6. The Morgan fingerprint density at radius 1 is 1.14 bits per heavy atom. The summed E-state index contributed by atoms with van der Waals surface area (Å²) in [6.07, 6.45) is 0.556. The minimum atomic E-state index is -0.206. The summed E-state index contributed by atoms with van der Waals surface area (Å²) in [6, 6.07) is 10.1. The molecule has 0 bridgehead atoms. The predicted octanol–water partition coefficient (Wildman–Crippen LogP) is 2.86. The maximum absolute atomic E-state index is 13.5. The van der Waals surface area contributed by atoms with Crippen molar-refractivity contribution in [2.45, 2.75) is 20.3 Å². The molecular formula is C16H19FN4O. The van der Waals surface area contributed by atoms with Crippen LogP contribution in [0.15, 0.2) is 36.4 Å². The van der Waals surface area contributed by atoms with Gasteiger partial charge in [-0.1, -0.05) is 32.0 Å². The summed E-state index contributed by atoms with van der Waals surface area (Å²) in [7, 11) is 0. The molecule has 116 valence electrons. The third-order valence-corrected chi connectivity index (χ3v) is 3.10. The van der Waals surface area contributed by atoms with Gasteiger partial charge in [-0.25, -0.2) is 4.39 Å². The fourth-order valence-electron chi connectivity index (χ4n) is 1.79. The number of nitrogens with zero attached hydrogens (tertiary/aromatic N) is 2. The molecule has 0 aliphatic carbocycles. The summed E-state index contributed by atoms with van der Waals surface area (Å²) in [5, 5.41) is 13.6. The van der Waals surface area contributed by atoms with Gasteiger partial charge in [0, 0.05) is 12.5 Å². The van der Waals surface area contributed by atoms with Crippen LogP contribution in [0.1, 0.15) is 19.4 Å². The molecule has 0 unspecified atom stereocenters. The van der Waals surface area contributed by atoms with Gasteiger partial charge in [0.15, 0.2) is 5.82 Å². The highest BCUT2D eigenvalue weighted by Gasteiger charge is 2.08. The van der Waals surface area contributed by atoms with E-state index >= 15 is 0 Å². The van der Waals surface area contributed by atoms with E-state index in [2.05, 4.69) is 20.8 Å². The van der Waals surface area contributed by atoms with Gasteiger partial charge in [0.05, 0.1) is 0 Å². The quantitative estimate of drug-likeness (QED) is 0.861. The van der Waals surface area contributed by atoms with Gasteiger partial charge < -0.3 is 10.6 Å². The van der Waals surface area contributed by atoms with Gasteiger partial charge in [0.2, 0.25) is 5.91 Å². The smallest absolute Gasteiger partial charge is 0.228 e. The minimum absolute atomic E-state index is 0.102. The first-order chi connectivity index (χ1) is 10.6. The Kier molecular flexibility index (Phi) is 5.41. The van der Waals surface area contributed by atoms with Gasteiger partial charge in [-0.3, -0.25) is 4.79 Å². The van der Waals surface area contributed by atoms with E-state index in [-0.39, 0.29) is 17.6 Å². The lowest BCUT2D eigenvalue weighted by molar-refractivity contribution is -0.118. The number of aromatic nitrogens is 2. The summed E-state index contributed by atoms with van der Waals surface area (Å²) in [4.78, 5) is 11.5. The first-order valence-corrected chi connectivity index (χ1v) is 7.18. The zero-order valence-electron chi connectivity index (χ0n) is 12.6. The normalized spacial score (nSPS) is 10.5. The van der Waals surface area contributed by atoms with Gasteiger partial charge in [0.1, 0.15) is 11.6 Å². The van der Waals surface area contributed by atoms with Gasteiger partial charge in [-0.05, 0) is 30.2 Å². The Morgan fingerprint density at radius 3 is 2.45 bits per heavy atom. The molecule has 1 aromatic carbocycles. The zero-order chi connectivity index (χ0) is 15.9. The Morgan fingerprint density at radius 2 is 1.82 bits per heavy atom. The fraction of sp³-hybridized carbons (Fsp3) is 0.312. The molecule has 22 heavy (non-hydrogen) atoms. The number of hydrogen-bond donors (Lipinski definition) is 2. The van der Waals surface area contributed by atoms with Gasteiger partial charge in [-0.2, -0.15) is 0 Å². The standard InChI is InChI=1S/C16H19FN4O/c1-11(2)16(22)19-15-8-7-14(20-21-15)18-10-9-12-5-3-4-6-13(12)17/h3-8,11H,9-10H2,1-2H3,(H,18,20)(H,19,21,22). The topological polar surface area (TPSA) is 66.9 Å². The highest BCUT2D eigenvalue weighted by molar-refractivity contribution is 5.91. The molecule has 0 aliphatic heterocycles. The third kappa shape index (κ3) is 4.51. The molecule has 2 aromatic rings. The molecular weight excluding hydrogens is 283 g/mol. The number of halogens is 1. The monoisotopic (exact) mass is 302 g/mol. The third-order valence-electron chi connectivity index (χ3n) is 3.10. The second-order valence-corrected chi connectivity index (χ2v) is 5.22. The number of rotatable bonds is 6. The lowest BCUT2D eigenvalue weighted by atomic mass is 10.1. The van der Waals surface area contributed by atoms with Gasteiger partial charge in [-0.15, -0.1) is 10.2 Å². The molecule has 0 saturated carbocycles. The number of amides is 1. The van der Waals surface area contributed by atoms with E-state index in [9.17, 15) is 9.18 Å². The summed E-state index contributed by atoms with van der Waals surface area (Å²) in [5.41, 5.74) is 0.656. The molecule has 2 rings (SSSR count). The highest BCUT2D eigenvalue weighted by Crippen LogP contribution is 2.10. The van der Waals surface area contributed by atoms with Crippen molar-refractivity contribution in [2.24, 2.45) is 5.92 Å². The lowest BCUT2D eigenvalue weighted by Crippen LogP contribution is -2.19. The van der Waals surface area contributed by atoms with Crippen LogP contribution in [0.5, 0.6) is 0 Å². The van der Waals surface area contributed by atoms with Crippen LogP contribution in [0.2, 0.25) is 0 Å². The fourth-order valence-corrected chi connectivity index (χ4v) is 1.79. The number of carbonyl (C=O) groups excluding carboxylic acids is 1. The second kappa shape index (κ2) is 7.49. The number of nitrogens with one attached hydrogen (secondary N) is 2. The molecule has 0 radical (unpaired) electrons. The molecule has 0 fully saturated rings. The van der Waals surface area contributed by atoms with E-state index in [1.165, 1.54) is 6.07 Å². The van der Waals surface area contributed by atoms with Crippen molar-refractivity contribution < 1.29 is 9.18 Å². The predicted molar refractivity (Wildman–Crippen MR) is 84.1 cm³/mol. The second-order valence-electron chi connectivity index (χ2n) is 5.22. The van der Waals surface area contributed by atoms with Crippen molar-refractivity contribution in [3.63, 3.8) is 0 Å². The Balaban J connectivity index is 1.84. The molecule has 0 atom stereocenters. The Labute approximate surface area is 129 Å². The first kappa shape index (κ1) is 15.9. The molecule has 0 aliphatic rings. The van der Waals surface area contributed by atoms with Crippen LogP contribution in [0, 0.1) is 11.7 Å². The molecule has 0 spiro atoms. The van der Waals surface area contributed by atoms with E-state index in [0.29, 0.717) is 30.2 Å². The molecule has 0 saturated heterocycles. The van der Waals surface area contributed by atoms with Crippen LogP contribution in [0.3, 0.4) is 0 Å². The van der Waals surface area contributed by atoms with Crippen molar-refractivity contribution in [3.05, 3.63) is 47.8 Å². The lowest BCUT2D eigenvalue weighted by Gasteiger charge is -2.08. The number of carbonyl (C=O) groups is 1. The SMILES string of the molecule is CC(C)C(=O)Nc1ccc(NCCc2ccccc2F)nn1. The van der Waals surface area contributed by atoms with Gasteiger partial charge >= 0.3 is 0 Å². The van der Waals surface area contributed by atoms with Crippen LogP contribution in [0.4, 0.5) is 16.0 Å². The molecule has 2 N–H and O–H groups in total.